The second-order valence-corrected chi connectivity index (χ2v) is 7.43. The molecule has 8 heteroatoms. The lowest BCUT2D eigenvalue weighted by Gasteiger charge is -2.09. The number of fused-ring (bicyclic) bond motifs is 1. The van der Waals surface area contributed by atoms with E-state index in [1.54, 1.807) is 16.3 Å². The van der Waals surface area contributed by atoms with Crippen LogP contribution in [-0.4, -0.2) is 24.8 Å². The van der Waals surface area contributed by atoms with Gasteiger partial charge in [0.25, 0.3) is 0 Å². The molecular formula is C17H17F2N5S. The van der Waals surface area contributed by atoms with Crippen LogP contribution in [0.4, 0.5) is 14.6 Å². The molecule has 4 rings (SSSR count). The van der Waals surface area contributed by atoms with Gasteiger partial charge in [-0.25, -0.2) is 23.7 Å². The van der Waals surface area contributed by atoms with Crippen molar-refractivity contribution in [1.82, 2.24) is 19.5 Å². The lowest BCUT2D eigenvalue weighted by molar-refractivity contribution is 0.546. The third kappa shape index (κ3) is 3.18. The molecule has 1 aliphatic carbocycles. The van der Waals surface area contributed by atoms with Crippen molar-refractivity contribution in [3.63, 3.8) is 0 Å². The van der Waals surface area contributed by atoms with E-state index in [1.807, 2.05) is 0 Å². The fraction of sp³-hybridized carbons (Fsp3) is 0.353. The number of hydrogen-bond donors (Lipinski definition) is 1. The molecule has 1 aliphatic rings. The van der Waals surface area contributed by atoms with Gasteiger partial charge in [-0.2, -0.15) is 0 Å². The first kappa shape index (κ1) is 16.3. The molecule has 2 aromatic heterocycles. The van der Waals surface area contributed by atoms with E-state index in [0.717, 1.165) is 12.8 Å². The second kappa shape index (κ2) is 6.59. The van der Waals surface area contributed by atoms with Gasteiger partial charge in [0.1, 0.15) is 17.2 Å². The summed E-state index contributed by atoms with van der Waals surface area (Å²) in [6, 6.07) is 3.82. The molecule has 1 saturated carbocycles. The van der Waals surface area contributed by atoms with Crippen molar-refractivity contribution in [2.75, 3.05) is 5.73 Å². The van der Waals surface area contributed by atoms with E-state index in [-0.39, 0.29) is 12.1 Å². The predicted octanol–water partition coefficient (Wildman–Crippen LogP) is 3.77. The number of nitrogens with zero attached hydrogens (tertiary/aromatic N) is 4. The monoisotopic (exact) mass is 361 g/mol. The minimum Gasteiger partial charge on any atom is -0.382 e. The second-order valence-electron chi connectivity index (χ2n) is 6.16. The Labute approximate surface area is 147 Å². The Bertz CT molecular complexity index is 901. The van der Waals surface area contributed by atoms with Crippen LogP contribution >= 0.6 is 11.8 Å². The van der Waals surface area contributed by atoms with Crippen LogP contribution in [0.25, 0.3) is 11.2 Å². The van der Waals surface area contributed by atoms with Gasteiger partial charge >= 0.3 is 0 Å². The number of aromatic nitrogens is 4. The zero-order valence-electron chi connectivity index (χ0n) is 13.5. The van der Waals surface area contributed by atoms with Crippen LogP contribution in [-0.2, 0) is 6.54 Å². The van der Waals surface area contributed by atoms with E-state index in [4.69, 9.17) is 5.73 Å². The third-order valence-corrected chi connectivity index (χ3v) is 5.63. The molecule has 0 amide bonds. The highest BCUT2D eigenvalue weighted by atomic mass is 32.2. The maximum absolute atomic E-state index is 13.9. The molecule has 2 N–H and O–H groups in total. The Morgan fingerprint density at radius 3 is 2.60 bits per heavy atom. The van der Waals surface area contributed by atoms with Gasteiger partial charge in [0.05, 0.1) is 12.9 Å². The zero-order valence-corrected chi connectivity index (χ0v) is 14.3. The van der Waals surface area contributed by atoms with Crippen molar-refractivity contribution in [2.24, 2.45) is 0 Å². The van der Waals surface area contributed by atoms with Crippen molar-refractivity contribution >= 4 is 28.7 Å². The van der Waals surface area contributed by atoms with E-state index in [1.165, 1.54) is 37.4 Å². The number of imidazole rings is 1. The summed E-state index contributed by atoms with van der Waals surface area (Å²) in [6.07, 6.45) is 6.22. The summed E-state index contributed by atoms with van der Waals surface area (Å²) in [5, 5.41) is 1.09. The maximum Gasteiger partial charge on any atom is 0.191 e. The minimum absolute atomic E-state index is 0.000997. The highest BCUT2D eigenvalue weighted by Crippen LogP contribution is 2.34. The summed E-state index contributed by atoms with van der Waals surface area (Å²) in [6.45, 7) is -0.000997. The third-order valence-electron chi connectivity index (χ3n) is 4.43. The highest BCUT2D eigenvalue weighted by molar-refractivity contribution is 7.99. The number of nitrogens with two attached hydrogens (primary N) is 1. The molecule has 2 heterocycles. The van der Waals surface area contributed by atoms with Crippen LogP contribution in [0.1, 0.15) is 31.2 Å². The number of benzene rings is 1. The van der Waals surface area contributed by atoms with Crippen molar-refractivity contribution in [3.8, 4) is 0 Å². The van der Waals surface area contributed by atoms with Gasteiger partial charge in [0, 0.05) is 10.8 Å². The topological polar surface area (TPSA) is 69.6 Å². The van der Waals surface area contributed by atoms with Gasteiger partial charge in [0.15, 0.2) is 16.6 Å². The van der Waals surface area contributed by atoms with Crippen LogP contribution in [0.15, 0.2) is 29.7 Å². The van der Waals surface area contributed by atoms with Crippen molar-refractivity contribution < 1.29 is 8.78 Å². The molecule has 130 valence electrons. The first-order valence-electron chi connectivity index (χ1n) is 8.19. The van der Waals surface area contributed by atoms with Gasteiger partial charge in [-0.1, -0.05) is 30.7 Å². The van der Waals surface area contributed by atoms with Crippen LogP contribution in [0.2, 0.25) is 0 Å². The smallest absolute Gasteiger partial charge is 0.191 e. The standard InChI is InChI=1S/C17H17F2N5S/c18-12-6-3-7-13(19)11(12)8-24-9-21-14-15(20)22-17(23-16(14)24)25-10-4-1-2-5-10/h3,6-7,9-10H,1-2,4-5,8H2,(H2,20,22,23). The summed E-state index contributed by atoms with van der Waals surface area (Å²) in [4.78, 5) is 13.1. The number of rotatable bonds is 4. The van der Waals surface area contributed by atoms with Crippen LogP contribution in [0.5, 0.6) is 0 Å². The molecule has 0 saturated heterocycles. The summed E-state index contributed by atoms with van der Waals surface area (Å²) >= 11 is 1.61. The fourth-order valence-electron chi connectivity index (χ4n) is 3.12. The van der Waals surface area contributed by atoms with Gasteiger partial charge in [-0.3, -0.25) is 0 Å². The molecule has 5 nitrogen and oxygen atoms in total. The largest absolute Gasteiger partial charge is 0.382 e. The average molecular weight is 361 g/mol. The Hall–Kier alpha value is -2.22. The quantitative estimate of drug-likeness (QED) is 0.717. The molecule has 0 bridgehead atoms. The van der Waals surface area contributed by atoms with Crippen LogP contribution in [0.3, 0.4) is 0 Å². The minimum atomic E-state index is -0.593. The zero-order chi connectivity index (χ0) is 17.4. The van der Waals surface area contributed by atoms with E-state index in [0.29, 0.717) is 27.4 Å². The Balaban J connectivity index is 1.70. The SMILES string of the molecule is Nc1nc(SC2CCCC2)nc2c1ncn2Cc1c(F)cccc1F. The van der Waals surface area contributed by atoms with Crippen molar-refractivity contribution in [3.05, 3.63) is 41.7 Å². The van der Waals surface area contributed by atoms with Crippen molar-refractivity contribution in [1.29, 1.82) is 0 Å². The number of anilines is 1. The maximum atomic E-state index is 13.9. The first-order chi connectivity index (χ1) is 12.1. The molecule has 25 heavy (non-hydrogen) atoms. The number of hydrogen-bond acceptors (Lipinski definition) is 5. The molecule has 0 radical (unpaired) electrons. The lowest BCUT2D eigenvalue weighted by atomic mass is 10.2. The van der Waals surface area contributed by atoms with E-state index in [9.17, 15) is 8.78 Å². The molecular weight excluding hydrogens is 344 g/mol. The summed E-state index contributed by atoms with van der Waals surface area (Å²) < 4.78 is 29.5. The number of thioether (sulfide) groups is 1. The molecule has 0 unspecified atom stereocenters. The average Bonchev–Trinajstić information content (AvgIpc) is 3.21. The molecule has 0 aliphatic heterocycles. The normalized spacial score (nSPS) is 15.3. The first-order valence-corrected chi connectivity index (χ1v) is 9.07. The van der Waals surface area contributed by atoms with Crippen LogP contribution < -0.4 is 5.73 Å². The predicted molar refractivity (Wildman–Crippen MR) is 93.3 cm³/mol. The Kier molecular flexibility index (Phi) is 4.29. The molecule has 1 aromatic carbocycles. The summed E-state index contributed by atoms with van der Waals surface area (Å²) in [5.74, 6) is -0.896. The Morgan fingerprint density at radius 1 is 1.16 bits per heavy atom. The molecule has 1 fully saturated rings. The number of halogens is 2. The molecule has 0 atom stereocenters. The van der Waals surface area contributed by atoms with Crippen molar-refractivity contribution in [2.45, 2.75) is 42.6 Å². The van der Waals surface area contributed by atoms with Gasteiger partial charge in [-0.05, 0) is 25.0 Å². The highest BCUT2D eigenvalue weighted by Gasteiger charge is 2.20. The summed E-state index contributed by atoms with van der Waals surface area (Å²) in [5.41, 5.74) is 6.93. The molecule has 0 spiro atoms. The van der Waals surface area contributed by atoms with E-state index >= 15 is 0 Å². The molecule has 3 aromatic rings. The number of nitrogen functional groups attached to an aromatic ring is 1. The Morgan fingerprint density at radius 2 is 1.88 bits per heavy atom. The lowest BCUT2D eigenvalue weighted by Crippen LogP contribution is -2.06. The van der Waals surface area contributed by atoms with Gasteiger partial charge < -0.3 is 10.3 Å². The van der Waals surface area contributed by atoms with E-state index < -0.39 is 11.6 Å². The van der Waals surface area contributed by atoms with Gasteiger partial charge in [-0.15, -0.1) is 0 Å². The van der Waals surface area contributed by atoms with Crippen LogP contribution in [0, 0.1) is 11.6 Å². The fourth-order valence-corrected chi connectivity index (χ4v) is 4.28. The summed E-state index contributed by atoms with van der Waals surface area (Å²) in [7, 11) is 0. The van der Waals surface area contributed by atoms with Gasteiger partial charge in [0.2, 0.25) is 0 Å². The van der Waals surface area contributed by atoms with E-state index in [2.05, 4.69) is 15.0 Å².